The van der Waals surface area contributed by atoms with Crippen LogP contribution in [0.1, 0.15) is 57.9 Å². The van der Waals surface area contributed by atoms with Gasteiger partial charge in [-0.05, 0) is 36.6 Å². The molecule has 0 saturated carbocycles. The first kappa shape index (κ1) is 18.8. The van der Waals surface area contributed by atoms with Crippen molar-refractivity contribution in [1.82, 2.24) is 4.90 Å². The molecule has 22 heavy (non-hydrogen) atoms. The quantitative estimate of drug-likeness (QED) is 0.408. The van der Waals surface area contributed by atoms with E-state index in [9.17, 15) is 4.79 Å². The maximum atomic E-state index is 12.4. The van der Waals surface area contributed by atoms with Gasteiger partial charge in [0.1, 0.15) is 0 Å². The standard InChI is InChI=1S/C19H28ClNO/c1-3-5-7-14-21(15-8-6-4-2)19(22)13-12-17-10-9-11-18(20)16-17/h9-13,16H,3-8,14-15H2,1-2H3. The number of carbonyl (C=O) groups excluding carboxylic acids is 1. The molecular weight excluding hydrogens is 294 g/mol. The molecule has 122 valence electrons. The monoisotopic (exact) mass is 321 g/mol. The van der Waals surface area contributed by atoms with E-state index in [1.165, 1.54) is 25.7 Å². The summed E-state index contributed by atoms with van der Waals surface area (Å²) in [7, 11) is 0. The van der Waals surface area contributed by atoms with Crippen LogP contribution in [0.5, 0.6) is 0 Å². The van der Waals surface area contributed by atoms with Crippen LogP contribution in [0.25, 0.3) is 6.08 Å². The van der Waals surface area contributed by atoms with E-state index in [0.29, 0.717) is 5.02 Å². The predicted molar refractivity (Wildman–Crippen MR) is 96.1 cm³/mol. The van der Waals surface area contributed by atoms with Crippen LogP contribution < -0.4 is 0 Å². The zero-order valence-electron chi connectivity index (χ0n) is 13.9. The normalized spacial score (nSPS) is 11.0. The lowest BCUT2D eigenvalue weighted by molar-refractivity contribution is -0.126. The molecule has 0 heterocycles. The first-order valence-electron chi connectivity index (χ1n) is 8.40. The molecule has 0 aliphatic rings. The SMILES string of the molecule is CCCCCN(CCCCC)C(=O)C=Cc1cccc(Cl)c1. The van der Waals surface area contributed by atoms with E-state index in [0.717, 1.165) is 31.5 Å². The Hall–Kier alpha value is -1.28. The van der Waals surface area contributed by atoms with Crippen molar-refractivity contribution in [2.24, 2.45) is 0 Å². The van der Waals surface area contributed by atoms with E-state index in [2.05, 4.69) is 13.8 Å². The van der Waals surface area contributed by atoms with Crippen molar-refractivity contribution >= 4 is 23.6 Å². The number of carbonyl (C=O) groups is 1. The summed E-state index contributed by atoms with van der Waals surface area (Å²) in [6.07, 6.45) is 10.4. The fourth-order valence-electron chi connectivity index (χ4n) is 2.32. The summed E-state index contributed by atoms with van der Waals surface area (Å²) in [5, 5.41) is 0.692. The second-order valence-electron chi connectivity index (χ2n) is 5.63. The molecule has 0 aliphatic carbocycles. The number of hydrogen-bond donors (Lipinski definition) is 0. The van der Waals surface area contributed by atoms with Crippen LogP contribution in [0.15, 0.2) is 30.3 Å². The van der Waals surface area contributed by atoms with Crippen LogP contribution in [-0.4, -0.2) is 23.9 Å². The Morgan fingerprint density at radius 3 is 2.27 bits per heavy atom. The average Bonchev–Trinajstić information content (AvgIpc) is 2.51. The molecule has 1 aromatic rings. The summed E-state index contributed by atoms with van der Waals surface area (Å²) in [6, 6.07) is 7.55. The smallest absolute Gasteiger partial charge is 0.246 e. The van der Waals surface area contributed by atoms with Crippen molar-refractivity contribution in [2.75, 3.05) is 13.1 Å². The zero-order chi connectivity index (χ0) is 16.2. The number of rotatable bonds is 10. The minimum absolute atomic E-state index is 0.104. The van der Waals surface area contributed by atoms with Crippen LogP contribution >= 0.6 is 11.6 Å². The lowest BCUT2D eigenvalue weighted by Gasteiger charge is -2.21. The van der Waals surface area contributed by atoms with Gasteiger partial charge in [0.05, 0.1) is 0 Å². The first-order chi connectivity index (χ1) is 10.7. The largest absolute Gasteiger partial charge is 0.339 e. The third kappa shape index (κ3) is 7.65. The molecule has 1 amide bonds. The highest BCUT2D eigenvalue weighted by molar-refractivity contribution is 6.30. The number of halogens is 1. The van der Waals surface area contributed by atoms with E-state index >= 15 is 0 Å². The summed E-state index contributed by atoms with van der Waals surface area (Å²) in [5.74, 6) is 0.104. The molecule has 0 atom stereocenters. The topological polar surface area (TPSA) is 20.3 Å². The molecule has 0 saturated heterocycles. The van der Waals surface area contributed by atoms with E-state index < -0.39 is 0 Å². The summed E-state index contributed by atoms with van der Waals surface area (Å²) >= 11 is 5.96. The van der Waals surface area contributed by atoms with Crippen molar-refractivity contribution in [2.45, 2.75) is 52.4 Å². The van der Waals surface area contributed by atoms with Gasteiger partial charge in [-0.3, -0.25) is 4.79 Å². The highest BCUT2D eigenvalue weighted by Gasteiger charge is 2.09. The zero-order valence-corrected chi connectivity index (χ0v) is 14.6. The maximum absolute atomic E-state index is 12.4. The Kier molecular flexibility index (Phi) is 9.65. The van der Waals surface area contributed by atoms with Crippen molar-refractivity contribution in [1.29, 1.82) is 0 Å². The second-order valence-corrected chi connectivity index (χ2v) is 6.06. The van der Waals surface area contributed by atoms with E-state index in [-0.39, 0.29) is 5.91 Å². The minimum Gasteiger partial charge on any atom is -0.339 e. The lowest BCUT2D eigenvalue weighted by atomic mass is 10.2. The minimum atomic E-state index is 0.104. The first-order valence-corrected chi connectivity index (χ1v) is 8.77. The molecule has 1 aromatic carbocycles. The number of amides is 1. The van der Waals surface area contributed by atoms with Gasteiger partial charge in [0.2, 0.25) is 5.91 Å². The molecule has 1 rings (SSSR count). The molecule has 0 unspecified atom stereocenters. The maximum Gasteiger partial charge on any atom is 0.246 e. The van der Waals surface area contributed by atoms with Crippen LogP contribution in [0.4, 0.5) is 0 Å². The van der Waals surface area contributed by atoms with Crippen LogP contribution in [0.2, 0.25) is 5.02 Å². The lowest BCUT2D eigenvalue weighted by Crippen LogP contribution is -2.31. The fourth-order valence-corrected chi connectivity index (χ4v) is 2.52. The summed E-state index contributed by atoms with van der Waals surface area (Å²) in [5.41, 5.74) is 0.961. The molecule has 0 N–H and O–H groups in total. The van der Waals surface area contributed by atoms with Crippen molar-refractivity contribution in [3.63, 3.8) is 0 Å². The van der Waals surface area contributed by atoms with E-state index in [1.807, 2.05) is 35.2 Å². The van der Waals surface area contributed by atoms with Gasteiger partial charge in [0.25, 0.3) is 0 Å². The molecule has 0 radical (unpaired) electrons. The molecule has 0 aliphatic heterocycles. The number of nitrogens with zero attached hydrogens (tertiary/aromatic N) is 1. The van der Waals surface area contributed by atoms with Gasteiger partial charge in [0, 0.05) is 24.2 Å². The van der Waals surface area contributed by atoms with Crippen LogP contribution in [-0.2, 0) is 4.79 Å². The Labute approximate surface area is 140 Å². The molecule has 0 bridgehead atoms. The number of benzene rings is 1. The van der Waals surface area contributed by atoms with Crippen molar-refractivity contribution < 1.29 is 4.79 Å². The number of unbranched alkanes of at least 4 members (excludes halogenated alkanes) is 4. The molecular formula is C19H28ClNO. The number of hydrogen-bond acceptors (Lipinski definition) is 1. The van der Waals surface area contributed by atoms with E-state index in [1.54, 1.807) is 6.08 Å². The van der Waals surface area contributed by atoms with Gasteiger partial charge in [-0.15, -0.1) is 0 Å². The van der Waals surface area contributed by atoms with Gasteiger partial charge in [0.15, 0.2) is 0 Å². The molecule has 3 heteroatoms. The molecule has 2 nitrogen and oxygen atoms in total. The summed E-state index contributed by atoms with van der Waals surface area (Å²) < 4.78 is 0. The van der Waals surface area contributed by atoms with Crippen molar-refractivity contribution in [3.05, 3.63) is 40.9 Å². The Morgan fingerprint density at radius 2 is 1.73 bits per heavy atom. The van der Waals surface area contributed by atoms with Gasteiger partial charge < -0.3 is 4.90 Å². The average molecular weight is 322 g/mol. The van der Waals surface area contributed by atoms with Crippen LogP contribution in [0.3, 0.4) is 0 Å². The van der Waals surface area contributed by atoms with E-state index in [4.69, 9.17) is 11.6 Å². The van der Waals surface area contributed by atoms with Gasteiger partial charge in [-0.25, -0.2) is 0 Å². The molecule has 0 spiro atoms. The predicted octanol–water partition coefficient (Wildman–Crippen LogP) is 5.56. The van der Waals surface area contributed by atoms with Gasteiger partial charge in [-0.2, -0.15) is 0 Å². The summed E-state index contributed by atoms with van der Waals surface area (Å²) in [4.78, 5) is 14.4. The highest BCUT2D eigenvalue weighted by Crippen LogP contribution is 2.12. The highest BCUT2D eigenvalue weighted by atomic mass is 35.5. The Morgan fingerprint density at radius 1 is 1.09 bits per heavy atom. The molecule has 0 aromatic heterocycles. The Bertz CT molecular complexity index is 460. The Balaban J connectivity index is 2.60. The third-order valence-electron chi connectivity index (χ3n) is 3.64. The van der Waals surface area contributed by atoms with Gasteiger partial charge in [-0.1, -0.05) is 63.3 Å². The molecule has 0 fully saturated rings. The summed E-state index contributed by atoms with van der Waals surface area (Å²) in [6.45, 7) is 6.08. The second kappa shape index (κ2) is 11.3. The van der Waals surface area contributed by atoms with Crippen molar-refractivity contribution in [3.8, 4) is 0 Å². The fraction of sp³-hybridized carbons (Fsp3) is 0.526. The third-order valence-corrected chi connectivity index (χ3v) is 3.88. The van der Waals surface area contributed by atoms with Crippen LogP contribution in [0, 0.1) is 0 Å². The van der Waals surface area contributed by atoms with Gasteiger partial charge >= 0.3 is 0 Å².